The van der Waals surface area contributed by atoms with Gasteiger partial charge in [-0.05, 0) is 41.0 Å². The second-order valence-corrected chi connectivity index (χ2v) is 6.16. The van der Waals surface area contributed by atoms with E-state index in [2.05, 4.69) is 4.98 Å². The Morgan fingerprint density at radius 1 is 1.04 bits per heavy atom. The molecule has 0 bridgehead atoms. The predicted octanol–water partition coefficient (Wildman–Crippen LogP) is 4.76. The van der Waals surface area contributed by atoms with Gasteiger partial charge in [0.15, 0.2) is 0 Å². The molecule has 0 amide bonds. The summed E-state index contributed by atoms with van der Waals surface area (Å²) in [6.45, 7) is 0. The molecule has 0 spiro atoms. The second kappa shape index (κ2) is 7.95. The molecule has 1 aromatic heterocycles. The topological polar surface area (TPSA) is 39.2 Å². The third-order valence-electron chi connectivity index (χ3n) is 4.00. The Morgan fingerprint density at radius 2 is 1.80 bits per heavy atom. The summed E-state index contributed by atoms with van der Waals surface area (Å²) in [5, 5.41) is 0.626. The molecule has 3 rings (SSSR count). The molecule has 3 aromatic rings. The summed E-state index contributed by atoms with van der Waals surface area (Å²) in [4.78, 5) is 16.4. The van der Waals surface area contributed by atoms with Crippen molar-refractivity contribution in [1.29, 1.82) is 0 Å². The monoisotopic (exact) mass is 351 g/mol. The number of benzene rings is 2. The van der Waals surface area contributed by atoms with Crippen molar-refractivity contribution in [2.75, 3.05) is 7.11 Å². The molecule has 0 aliphatic heterocycles. The summed E-state index contributed by atoms with van der Waals surface area (Å²) in [7, 11) is 1.63. The van der Waals surface area contributed by atoms with Crippen molar-refractivity contribution in [2.45, 2.75) is 12.8 Å². The Morgan fingerprint density at radius 3 is 2.52 bits per heavy atom. The maximum atomic E-state index is 12.4. The van der Waals surface area contributed by atoms with Gasteiger partial charge in [-0.25, -0.2) is 0 Å². The van der Waals surface area contributed by atoms with Gasteiger partial charge in [0.2, 0.25) is 0 Å². The van der Waals surface area contributed by atoms with Crippen LogP contribution in [0.15, 0.2) is 67.0 Å². The van der Waals surface area contributed by atoms with Gasteiger partial charge in [-0.3, -0.25) is 9.78 Å². The Kier molecular flexibility index (Phi) is 5.46. The first-order chi connectivity index (χ1) is 12.2. The van der Waals surface area contributed by atoms with Crippen LogP contribution in [-0.2, 0) is 17.6 Å². The van der Waals surface area contributed by atoms with Gasteiger partial charge >= 0.3 is 0 Å². The number of hydrogen-bond donors (Lipinski definition) is 0. The van der Waals surface area contributed by atoms with Crippen LogP contribution in [0.4, 0.5) is 0 Å². The fourth-order valence-corrected chi connectivity index (χ4v) is 2.96. The van der Waals surface area contributed by atoms with Crippen molar-refractivity contribution in [2.24, 2.45) is 0 Å². The Hall–Kier alpha value is -2.65. The summed E-state index contributed by atoms with van der Waals surface area (Å²) in [5.41, 5.74) is 3.79. The average Bonchev–Trinajstić information content (AvgIpc) is 2.64. The van der Waals surface area contributed by atoms with Crippen LogP contribution in [0.5, 0.6) is 5.75 Å². The largest absolute Gasteiger partial charge is 0.496 e. The molecule has 0 unspecified atom stereocenters. The quantitative estimate of drug-likeness (QED) is 0.642. The Bertz CT molecular complexity index is 878. The lowest BCUT2D eigenvalue weighted by molar-refractivity contribution is -0.117. The van der Waals surface area contributed by atoms with E-state index in [1.54, 1.807) is 25.6 Å². The molecule has 0 radical (unpaired) electrons. The first kappa shape index (κ1) is 17.2. The second-order valence-electron chi connectivity index (χ2n) is 5.75. The molecule has 4 heteroatoms. The molecular weight excluding hydrogens is 334 g/mol. The molecule has 3 nitrogen and oxygen atoms in total. The molecule has 1 heterocycles. The highest BCUT2D eigenvalue weighted by Crippen LogP contribution is 2.30. The van der Waals surface area contributed by atoms with Crippen LogP contribution in [0.2, 0.25) is 5.02 Å². The van der Waals surface area contributed by atoms with Gasteiger partial charge in [-0.15, -0.1) is 0 Å². The van der Waals surface area contributed by atoms with Crippen molar-refractivity contribution in [3.05, 3.63) is 83.1 Å². The number of ketones is 1. The van der Waals surface area contributed by atoms with Crippen molar-refractivity contribution in [3.8, 4) is 16.9 Å². The summed E-state index contributed by atoms with van der Waals surface area (Å²) >= 11 is 6.13. The van der Waals surface area contributed by atoms with Crippen molar-refractivity contribution in [1.82, 2.24) is 4.98 Å². The summed E-state index contributed by atoms with van der Waals surface area (Å²) in [6.07, 6.45) is 4.16. The minimum atomic E-state index is 0.117. The maximum absolute atomic E-state index is 12.4. The van der Waals surface area contributed by atoms with Crippen molar-refractivity contribution >= 4 is 17.4 Å². The standard InChI is InChI=1S/C21H18ClNO2/c1-25-21-13-15(6-7-19(21)16-8-10-23-11-9-16)12-18(24)14-17-4-2-3-5-20(17)22/h2-11,13H,12,14H2,1H3. The van der Waals surface area contributed by atoms with Gasteiger partial charge < -0.3 is 4.74 Å². The molecule has 0 aliphatic carbocycles. The van der Waals surface area contributed by atoms with Gasteiger partial charge in [0, 0.05) is 35.8 Å². The minimum absolute atomic E-state index is 0.117. The van der Waals surface area contributed by atoms with E-state index in [9.17, 15) is 4.79 Å². The highest BCUT2D eigenvalue weighted by atomic mass is 35.5. The zero-order valence-electron chi connectivity index (χ0n) is 13.9. The number of carbonyl (C=O) groups is 1. The van der Waals surface area contributed by atoms with Crippen molar-refractivity contribution < 1.29 is 9.53 Å². The number of hydrogen-bond acceptors (Lipinski definition) is 3. The average molecular weight is 352 g/mol. The Balaban J connectivity index is 1.77. The molecule has 126 valence electrons. The lowest BCUT2D eigenvalue weighted by Gasteiger charge is -2.11. The smallest absolute Gasteiger partial charge is 0.141 e. The zero-order valence-corrected chi connectivity index (χ0v) is 14.7. The molecule has 2 aromatic carbocycles. The normalized spacial score (nSPS) is 10.5. The molecule has 0 saturated heterocycles. The van der Waals surface area contributed by atoms with Crippen LogP contribution in [0, 0.1) is 0 Å². The molecule has 0 atom stereocenters. The molecule has 0 fully saturated rings. The van der Waals surface area contributed by atoms with Gasteiger partial charge in [-0.1, -0.05) is 41.9 Å². The fourth-order valence-electron chi connectivity index (χ4n) is 2.76. The minimum Gasteiger partial charge on any atom is -0.496 e. The SMILES string of the molecule is COc1cc(CC(=O)Cc2ccccc2Cl)ccc1-c1ccncc1. The molecule has 0 aliphatic rings. The highest BCUT2D eigenvalue weighted by Gasteiger charge is 2.11. The van der Waals surface area contributed by atoms with Crippen LogP contribution in [0.25, 0.3) is 11.1 Å². The van der Waals surface area contributed by atoms with E-state index < -0.39 is 0 Å². The van der Waals surface area contributed by atoms with E-state index in [-0.39, 0.29) is 5.78 Å². The van der Waals surface area contributed by atoms with Crippen LogP contribution in [0.1, 0.15) is 11.1 Å². The number of methoxy groups -OCH3 is 1. The van der Waals surface area contributed by atoms with Gasteiger partial charge in [0.25, 0.3) is 0 Å². The number of carbonyl (C=O) groups excluding carboxylic acids is 1. The summed E-state index contributed by atoms with van der Waals surface area (Å²) < 4.78 is 5.51. The van der Waals surface area contributed by atoms with Crippen LogP contribution >= 0.6 is 11.6 Å². The third kappa shape index (κ3) is 4.25. The summed E-state index contributed by atoms with van der Waals surface area (Å²) in [6, 6.07) is 17.2. The number of Topliss-reactive ketones (excluding diaryl/α,β-unsaturated/α-hetero) is 1. The van der Waals surface area contributed by atoms with E-state index >= 15 is 0 Å². The first-order valence-electron chi connectivity index (χ1n) is 8.00. The van der Waals surface area contributed by atoms with E-state index in [0.29, 0.717) is 17.9 Å². The lowest BCUT2D eigenvalue weighted by atomic mass is 9.99. The van der Waals surface area contributed by atoms with Crippen LogP contribution in [0.3, 0.4) is 0 Å². The molecule has 0 N–H and O–H groups in total. The molecule has 25 heavy (non-hydrogen) atoms. The number of ether oxygens (including phenoxy) is 1. The number of halogens is 1. The number of rotatable bonds is 6. The molecule has 0 saturated carbocycles. The number of pyridine rings is 1. The van der Waals surface area contributed by atoms with E-state index in [4.69, 9.17) is 16.3 Å². The predicted molar refractivity (Wildman–Crippen MR) is 100 cm³/mol. The molecular formula is C21H18ClNO2. The van der Waals surface area contributed by atoms with Crippen LogP contribution < -0.4 is 4.74 Å². The van der Waals surface area contributed by atoms with Gasteiger partial charge in [0.05, 0.1) is 7.11 Å². The van der Waals surface area contributed by atoms with E-state index in [1.807, 2.05) is 48.5 Å². The third-order valence-corrected chi connectivity index (χ3v) is 4.37. The number of nitrogens with zero attached hydrogens (tertiary/aromatic N) is 1. The van der Waals surface area contributed by atoms with E-state index in [1.165, 1.54) is 0 Å². The fraction of sp³-hybridized carbons (Fsp3) is 0.143. The first-order valence-corrected chi connectivity index (χ1v) is 8.37. The van der Waals surface area contributed by atoms with E-state index in [0.717, 1.165) is 28.0 Å². The van der Waals surface area contributed by atoms with Crippen LogP contribution in [-0.4, -0.2) is 17.9 Å². The van der Waals surface area contributed by atoms with Gasteiger partial charge in [-0.2, -0.15) is 0 Å². The maximum Gasteiger partial charge on any atom is 0.141 e. The highest BCUT2D eigenvalue weighted by molar-refractivity contribution is 6.31. The van der Waals surface area contributed by atoms with Crippen molar-refractivity contribution in [3.63, 3.8) is 0 Å². The lowest BCUT2D eigenvalue weighted by Crippen LogP contribution is -2.07. The van der Waals surface area contributed by atoms with Gasteiger partial charge in [0.1, 0.15) is 11.5 Å². The summed E-state index contributed by atoms with van der Waals surface area (Å²) in [5.74, 6) is 0.862. The zero-order chi connectivity index (χ0) is 17.6. The Labute approximate surface area is 152 Å². The number of aromatic nitrogens is 1.